The minimum atomic E-state index is -0.536. The van der Waals surface area contributed by atoms with Crippen LogP contribution < -0.4 is 0 Å². The van der Waals surface area contributed by atoms with E-state index in [0.717, 1.165) is 18.6 Å². The van der Waals surface area contributed by atoms with Crippen LogP contribution in [0.25, 0.3) is 0 Å². The van der Waals surface area contributed by atoms with Gasteiger partial charge < -0.3 is 4.84 Å². The normalized spacial score (nSPS) is 23.2. The van der Waals surface area contributed by atoms with Crippen LogP contribution in [0.15, 0.2) is 5.16 Å². The molecule has 2 heteroatoms. The van der Waals surface area contributed by atoms with Gasteiger partial charge in [0.25, 0.3) is 0 Å². The average Bonchev–Trinajstić information content (AvgIpc) is 2.10. The summed E-state index contributed by atoms with van der Waals surface area (Å²) in [6.07, 6.45) is 1.70. The summed E-state index contributed by atoms with van der Waals surface area (Å²) in [4.78, 5) is 4.91. The average molecular weight is 125 g/mol. The molecule has 0 amide bonds. The monoisotopic (exact) mass is 125 g/mol. The summed E-state index contributed by atoms with van der Waals surface area (Å²) < 4.78 is 0. The fourth-order valence-corrected chi connectivity index (χ4v) is 0.787. The molecule has 0 saturated heterocycles. The Kier molecular flexibility index (Phi) is 1.47. The van der Waals surface area contributed by atoms with Crippen molar-refractivity contribution >= 4 is 5.71 Å². The number of hydrogen-bond donors (Lipinski definition) is 0. The predicted octanol–water partition coefficient (Wildman–Crippen LogP) is 1.58. The van der Waals surface area contributed by atoms with E-state index in [0.29, 0.717) is 0 Å². The van der Waals surface area contributed by atoms with Gasteiger partial charge in [-0.3, -0.25) is 0 Å². The third kappa shape index (κ3) is 1.44. The third-order valence-electron chi connectivity index (χ3n) is 1.30. The van der Waals surface area contributed by atoms with Gasteiger partial charge in [-0.1, -0.05) is 12.1 Å². The van der Waals surface area contributed by atoms with E-state index in [1.165, 1.54) is 0 Å². The fraction of sp³-hybridized carbons (Fsp3) is 0.571. The van der Waals surface area contributed by atoms with Crippen LogP contribution in [-0.2, 0) is 4.84 Å². The molecule has 0 unspecified atom stereocenters. The molecule has 0 spiro atoms. The quantitative estimate of drug-likeness (QED) is 0.521. The van der Waals surface area contributed by atoms with Crippen LogP contribution in [0.2, 0.25) is 0 Å². The number of nitrogens with zero attached hydrogens (tertiary/aromatic N) is 1. The van der Waals surface area contributed by atoms with Crippen LogP contribution in [-0.4, -0.2) is 11.3 Å². The molecule has 1 aliphatic heterocycles. The van der Waals surface area contributed by atoms with Gasteiger partial charge in [0.2, 0.25) is 0 Å². The first-order valence-corrected chi connectivity index (χ1v) is 3.09. The van der Waals surface area contributed by atoms with Gasteiger partial charge in [0.05, 0.1) is 5.71 Å². The second-order valence-electron chi connectivity index (χ2n) is 2.46. The molecule has 9 heavy (non-hydrogen) atoms. The molecule has 0 atom stereocenters. The van der Waals surface area contributed by atoms with Crippen molar-refractivity contribution in [3.05, 3.63) is 13.8 Å². The Balaban J connectivity index is 2.50. The molecule has 0 aromatic carbocycles. The first-order chi connectivity index (χ1) is 4.14. The lowest BCUT2D eigenvalue weighted by Crippen LogP contribution is -2.19. The molecule has 1 rings (SSSR count). The van der Waals surface area contributed by atoms with Crippen molar-refractivity contribution in [1.82, 2.24) is 0 Å². The topological polar surface area (TPSA) is 21.6 Å². The summed E-state index contributed by atoms with van der Waals surface area (Å²) in [5, 5.41) is 3.80. The Hall–Kier alpha value is -0.530. The predicted molar refractivity (Wildman–Crippen MR) is 36.9 cm³/mol. The summed E-state index contributed by atoms with van der Waals surface area (Å²) in [6.45, 7) is 9.48. The zero-order valence-corrected chi connectivity index (χ0v) is 5.68. The van der Waals surface area contributed by atoms with Crippen molar-refractivity contribution in [2.45, 2.75) is 25.4 Å². The van der Waals surface area contributed by atoms with Gasteiger partial charge in [-0.2, -0.15) is 0 Å². The molecule has 2 radical (unpaired) electrons. The van der Waals surface area contributed by atoms with Gasteiger partial charge in [-0.25, -0.2) is 0 Å². The van der Waals surface area contributed by atoms with Crippen molar-refractivity contribution in [2.75, 3.05) is 0 Å². The third-order valence-corrected chi connectivity index (χ3v) is 1.30. The summed E-state index contributed by atoms with van der Waals surface area (Å²) in [5.74, 6) is 0. The lowest BCUT2D eigenvalue weighted by Gasteiger charge is -2.12. The van der Waals surface area contributed by atoms with Gasteiger partial charge in [-0.15, -0.1) is 0 Å². The van der Waals surface area contributed by atoms with E-state index in [9.17, 15) is 0 Å². The van der Waals surface area contributed by atoms with Crippen molar-refractivity contribution in [3.8, 4) is 0 Å². The van der Waals surface area contributed by atoms with E-state index in [2.05, 4.69) is 19.0 Å². The van der Waals surface area contributed by atoms with Crippen LogP contribution >= 0.6 is 0 Å². The van der Waals surface area contributed by atoms with Gasteiger partial charge in [0.1, 0.15) is 5.60 Å². The van der Waals surface area contributed by atoms with E-state index >= 15 is 0 Å². The van der Waals surface area contributed by atoms with E-state index in [-0.39, 0.29) is 0 Å². The largest absolute Gasteiger partial charge is 0.389 e. The molecular weight excluding hydrogens is 114 g/mol. The molecule has 0 bridgehead atoms. The second kappa shape index (κ2) is 2.01. The molecule has 1 heterocycles. The maximum Gasteiger partial charge on any atom is 0.143 e. The Morgan fingerprint density at radius 3 is 2.67 bits per heavy atom. The highest BCUT2D eigenvalue weighted by Gasteiger charge is 2.27. The minimum absolute atomic E-state index is 0.536. The summed E-state index contributed by atoms with van der Waals surface area (Å²) in [5.41, 5.74) is 0.519. The highest BCUT2D eigenvalue weighted by molar-refractivity contribution is 5.86. The van der Waals surface area contributed by atoms with E-state index in [1.807, 2.05) is 6.92 Å². The van der Waals surface area contributed by atoms with Crippen LogP contribution in [0.1, 0.15) is 19.8 Å². The molecule has 50 valence electrons. The molecule has 0 aromatic heterocycles. The van der Waals surface area contributed by atoms with Crippen molar-refractivity contribution < 1.29 is 4.84 Å². The van der Waals surface area contributed by atoms with Gasteiger partial charge in [0, 0.05) is 6.42 Å². The zero-order valence-electron chi connectivity index (χ0n) is 5.68. The minimum Gasteiger partial charge on any atom is -0.389 e. The standard InChI is InChI=1S/C7H11NO/c1-4-6-5-7(2,3)9-8-6/h2-5H2,1H3. The molecule has 0 aliphatic carbocycles. The maximum atomic E-state index is 4.91. The zero-order chi connectivity index (χ0) is 6.91. The van der Waals surface area contributed by atoms with E-state index in [4.69, 9.17) is 4.84 Å². The van der Waals surface area contributed by atoms with Gasteiger partial charge in [0.15, 0.2) is 0 Å². The van der Waals surface area contributed by atoms with Crippen molar-refractivity contribution in [1.29, 1.82) is 0 Å². The first-order valence-electron chi connectivity index (χ1n) is 3.09. The number of oxime groups is 1. The fourth-order valence-electron chi connectivity index (χ4n) is 0.787. The van der Waals surface area contributed by atoms with Crippen LogP contribution in [0, 0.1) is 13.8 Å². The van der Waals surface area contributed by atoms with Crippen LogP contribution in [0.4, 0.5) is 0 Å². The highest BCUT2D eigenvalue weighted by Crippen LogP contribution is 2.22. The van der Waals surface area contributed by atoms with E-state index < -0.39 is 5.60 Å². The maximum absolute atomic E-state index is 4.91. The van der Waals surface area contributed by atoms with Crippen molar-refractivity contribution in [3.63, 3.8) is 0 Å². The molecule has 2 nitrogen and oxygen atoms in total. The summed E-state index contributed by atoms with van der Waals surface area (Å²) in [6, 6.07) is 0. The van der Waals surface area contributed by atoms with Crippen molar-refractivity contribution in [2.24, 2.45) is 5.16 Å². The van der Waals surface area contributed by atoms with Crippen LogP contribution in [0.3, 0.4) is 0 Å². The molecule has 0 N–H and O–H groups in total. The lowest BCUT2D eigenvalue weighted by atomic mass is 10.0. The van der Waals surface area contributed by atoms with E-state index in [1.54, 1.807) is 0 Å². The van der Waals surface area contributed by atoms with Crippen LogP contribution in [0.5, 0.6) is 0 Å². The van der Waals surface area contributed by atoms with Gasteiger partial charge >= 0.3 is 0 Å². The molecular formula is C7H11NO. The van der Waals surface area contributed by atoms with Gasteiger partial charge in [-0.05, 0) is 20.3 Å². The Morgan fingerprint density at radius 1 is 1.78 bits per heavy atom. The lowest BCUT2D eigenvalue weighted by molar-refractivity contribution is 0.0549. The Morgan fingerprint density at radius 2 is 2.44 bits per heavy atom. The SMILES string of the molecule is [CH2]C1([CH2])CC(CC)=NO1. The molecule has 1 aliphatic rings. The summed E-state index contributed by atoms with van der Waals surface area (Å²) in [7, 11) is 0. The Bertz CT molecular complexity index is 138. The number of hydrogen-bond acceptors (Lipinski definition) is 2. The molecule has 0 fully saturated rings. The second-order valence-corrected chi connectivity index (χ2v) is 2.46. The number of rotatable bonds is 1. The Labute approximate surface area is 55.9 Å². The first kappa shape index (κ1) is 6.59. The molecule has 0 aromatic rings. The smallest absolute Gasteiger partial charge is 0.143 e. The summed E-state index contributed by atoms with van der Waals surface area (Å²) >= 11 is 0. The highest BCUT2D eigenvalue weighted by atomic mass is 16.7. The molecule has 0 saturated carbocycles.